The molecule has 7 heteroatoms. The third-order valence-corrected chi connectivity index (χ3v) is 4.55. The number of nitrogens with zero attached hydrogens (tertiary/aromatic N) is 2. The van der Waals surface area contributed by atoms with Crippen molar-refractivity contribution in [3.05, 3.63) is 68.9 Å². The number of likely N-dealkylation sites (N-methyl/N-ethyl adjacent to an activating group) is 1. The standard InChI is InChI=1S/C18H16BrFN2O3/c1-11(22-15-5-3-4-6-16(15)25-18(22)24)17(23)21(2)10-12-9-13(19)7-8-14(12)20/h3-9,11H,10H2,1-2H3. The zero-order chi connectivity index (χ0) is 18.1. The SMILES string of the molecule is CC(C(=O)N(C)Cc1cc(Br)ccc1F)n1c(=O)oc2ccccc21. The molecule has 2 aromatic carbocycles. The second kappa shape index (κ2) is 6.84. The molecule has 1 amide bonds. The van der Waals surface area contributed by atoms with Gasteiger partial charge in [0.2, 0.25) is 5.91 Å². The molecule has 0 aliphatic carbocycles. The molecule has 0 spiro atoms. The maximum absolute atomic E-state index is 13.9. The number of aromatic nitrogens is 1. The van der Waals surface area contributed by atoms with Crippen LogP contribution in [-0.4, -0.2) is 22.4 Å². The Morgan fingerprint density at radius 2 is 2.04 bits per heavy atom. The van der Waals surface area contributed by atoms with Crippen molar-refractivity contribution in [1.29, 1.82) is 0 Å². The average Bonchev–Trinajstić information content (AvgIpc) is 2.92. The number of carbonyl (C=O) groups is 1. The number of hydrogen-bond acceptors (Lipinski definition) is 3. The highest BCUT2D eigenvalue weighted by molar-refractivity contribution is 9.10. The molecule has 5 nitrogen and oxygen atoms in total. The monoisotopic (exact) mass is 406 g/mol. The zero-order valence-electron chi connectivity index (χ0n) is 13.7. The van der Waals surface area contributed by atoms with Crippen molar-refractivity contribution in [2.75, 3.05) is 7.05 Å². The molecule has 1 aromatic heterocycles. The summed E-state index contributed by atoms with van der Waals surface area (Å²) in [5.41, 5.74) is 1.37. The van der Waals surface area contributed by atoms with E-state index in [2.05, 4.69) is 15.9 Å². The summed E-state index contributed by atoms with van der Waals surface area (Å²) in [6.07, 6.45) is 0. The van der Waals surface area contributed by atoms with Gasteiger partial charge in [0.05, 0.1) is 5.52 Å². The Morgan fingerprint density at radius 1 is 1.32 bits per heavy atom. The van der Waals surface area contributed by atoms with E-state index in [1.165, 1.54) is 15.5 Å². The molecule has 1 unspecified atom stereocenters. The van der Waals surface area contributed by atoms with Crippen molar-refractivity contribution in [1.82, 2.24) is 9.47 Å². The third kappa shape index (κ3) is 3.37. The molecule has 0 radical (unpaired) electrons. The molecule has 0 aliphatic heterocycles. The first-order valence-electron chi connectivity index (χ1n) is 7.67. The van der Waals surface area contributed by atoms with Crippen molar-refractivity contribution < 1.29 is 13.6 Å². The molecule has 0 aliphatic rings. The summed E-state index contributed by atoms with van der Waals surface area (Å²) in [6, 6.07) is 10.7. The first-order chi connectivity index (χ1) is 11.9. The Kier molecular flexibility index (Phi) is 4.76. The van der Waals surface area contributed by atoms with Gasteiger partial charge in [-0.15, -0.1) is 0 Å². The highest BCUT2D eigenvalue weighted by Crippen LogP contribution is 2.20. The lowest BCUT2D eigenvalue weighted by molar-refractivity contribution is -0.133. The quantitative estimate of drug-likeness (QED) is 0.663. The first kappa shape index (κ1) is 17.4. The van der Waals surface area contributed by atoms with Crippen LogP contribution in [0.2, 0.25) is 0 Å². The lowest BCUT2D eigenvalue weighted by Crippen LogP contribution is -2.35. The van der Waals surface area contributed by atoms with Crippen LogP contribution in [0.1, 0.15) is 18.5 Å². The first-order valence-corrected chi connectivity index (χ1v) is 8.46. The normalized spacial score (nSPS) is 12.3. The number of benzene rings is 2. The third-order valence-electron chi connectivity index (χ3n) is 4.05. The summed E-state index contributed by atoms with van der Waals surface area (Å²) < 4.78 is 21.1. The van der Waals surface area contributed by atoms with Crippen LogP contribution in [-0.2, 0) is 11.3 Å². The summed E-state index contributed by atoms with van der Waals surface area (Å²) >= 11 is 3.29. The second-order valence-corrected chi connectivity index (χ2v) is 6.73. The van der Waals surface area contributed by atoms with Crippen LogP contribution in [0.5, 0.6) is 0 Å². The summed E-state index contributed by atoms with van der Waals surface area (Å²) in [7, 11) is 1.58. The van der Waals surface area contributed by atoms with E-state index in [9.17, 15) is 14.0 Å². The smallest absolute Gasteiger partial charge is 0.408 e. The molecule has 0 saturated carbocycles. The van der Waals surface area contributed by atoms with Crippen LogP contribution in [0, 0.1) is 5.82 Å². The molecule has 25 heavy (non-hydrogen) atoms. The molecule has 130 valence electrons. The molecule has 0 bridgehead atoms. The van der Waals surface area contributed by atoms with E-state index in [-0.39, 0.29) is 18.3 Å². The molecule has 0 fully saturated rings. The summed E-state index contributed by atoms with van der Waals surface area (Å²) in [6.45, 7) is 1.72. The van der Waals surface area contributed by atoms with Crippen molar-refractivity contribution in [3.8, 4) is 0 Å². The van der Waals surface area contributed by atoms with E-state index < -0.39 is 11.8 Å². The maximum atomic E-state index is 13.9. The fraction of sp³-hybridized carbons (Fsp3) is 0.222. The van der Waals surface area contributed by atoms with E-state index in [4.69, 9.17) is 4.42 Å². The predicted molar refractivity (Wildman–Crippen MR) is 95.8 cm³/mol. The van der Waals surface area contributed by atoms with Crippen LogP contribution in [0.4, 0.5) is 4.39 Å². The number of para-hydroxylation sites is 2. The summed E-state index contributed by atoms with van der Waals surface area (Å²) in [4.78, 5) is 26.2. The van der Waals surface area contributed by atoms with Crippen LogP contribution < -0.4 is 5.76 Å². The van der Waals surface area contributed by atoms with Crippen molar-refractivity contribution in [2.24, 2.45) is 0 Å². The van der Waals surface area contributed by atoms with Crippen LogP contribution in [0.25, 0.3) is 11.1 Å². The molecule has 1 atom stereocenters. The minimum absolute atomic E-state index is 0.0962. The maximum Gasteiger partial charge on any atom is 0.420 e. The molecule has 0 N–H and O–H groups in total. The van der Waals surface area contributed by atoms with Gasteiger partial charge in [0, 0.05) is 23.6 Å². The number of halogens is 2. The lowest BCUT2D eigenvalue weighted by Gasteiger charge is -2.22. The number of fused-ring (bicyclic) bond motifs is 1. The molecule has 1 heterocycles. The van der Waals surface area contributed by atoms with Gasteiger partial charge in [-0.3, -0.25) is 9.36 Å². The highest BCUT2D eigenvalue weighted by atomic mass is 79.9. The topological polar surface area (TPSA) is 55.5 Å². The Balaban J connectivity index is 1.87. The van der Waals surface area contributed by atoms with Crippen LogP contribution in [0.15, 0.2) is 56.1 Å². The van der Waals surface area contributed by atoms with E-state index in [1.807, 2.05) is 0 Å². The lowest BCUT2D eigenvalue weighted by atomic mass is 10.2. The fourth-order valence-electron chi connectivity index (χ4n) is 2.78. The zero-order valence-corrected chi connectivity index (χ0v) is 15.3. The van der Waals surface area contributed by atoms with Gasteiger partial charge in [-0.25, -0.2) is 9.18 Å². The van der Waals surface area contributed by atoms with Gasteiger partial charge in [-0.1, -0.05) is 28.1 Å². The molecule has 3 aromatic rings. The van der Waals surface area contributed by atoms with E-state index >= 15 is 0 Å². The number of hydrogen-bond donors (Lipinski definition) is 0. The van der Waals surface area contributed by atoms with Gasteiger partial charge in [-0.2, -0.15) is 0 Å². The van der Waals surface area contributed by atoms with Gasteiger partial charge >= 0.3 is 5.76 Å². The number of rotatable bonds is 4. The Bertz CT molecular complexity index is 995. The Morgan fingerprint density at radius 3 is 2.80 bits per heavy atom. The Labute approximate surface area is 151 Å². The van der Waals surface area contributed by atoms with Gasteiger partial charge in [-0.05, 0) is 37.3 Å². The molecular formula is C18H16BrFN2O3. The number of carbonyl (C=O) groups excluding carboxylic acids is 1. The van der Waals surface area contributed by atoms with Crippen LogP contribution >= 0.6 is 15.9 Å². The number of amides is 1. The highest BCUT2D eigenvalue weighted by Gasteiger charge is 2.24. The second-order valence-electron chi connectivity index (χ2n) is 5.81. The predicted octanol–water partition coefficient (Wildman–Crippen LogP) is 3.72. The Hall–Kier alpha value is -2.41. The van der Waals surface area contributed by atoms with Gasteiger partial charge in [0.15, 0.2) is 5.58 Å². The van der Waals surface area contributed by atoms with E-state index in [0.717, 1.165) is 4.47 Å². The molecule has 0 saturated heterocycles. The average molecular weight is 407 g/mol. The van der Waals surface area contributed by atoms with Gasteiger partial charge < -0.3 is 9.32 Å². The minimum atomic E-state index is -0.767. The van der Waals surface area contributed by atoms with E-state index in [0.29, 0.717) is 16.7 Å². The van der Waals surface area contributed by atoms with Crippen molar-refractivity contribution in [3.63, 3.8) is 0 Å². The summed E-state index contributed by atoms with van der Waals surface area (Å²) in [5, 5.41) is 0. The largest absolute Gasteiger partial charge is 0.420 e. The van der Waals surface area contributed by atoms with Gasteiger partial charge in [0.1, 0.15) is 11.9 Å². The fourth-order valence-corrected chi connectivity index (χ4v) is 3.19. The summed E-state index contributed by atoms with van der Waals surface area (Å²) in [5.74, 6) is -1.29. The van der Waals surface area contributed by atoms with E-state index in [1.54, 1.807) is 50.4 Å². The molecule has 3 rings (SSSR count). The van der Waals surface area contributed by atoms with Crippen LogP contribution in [0.3, 0.4) is 0 Å². The van der Waals surface area contributed by atoms with Gasteiger partial charge in [0.25, 0.3) is 0 Å². The minimum Gasteiger partial charge on any atom is -0.408 e. The van der Waals surface area contributed by atoms with Crippen molar-refractivity contribution in [2.45, 2.75) is 19.5 Å². The van der Waals surface area contributed by atoms with Crippen molar-refractivity contribution >= 4 is 32.9 Å². The number of oxazole rings is 1. The molecular weight excluding hydrogens is 391 g/mol.